The lowest BCUT2D eigenvalue weighted by Gasteiger charge is -2.08. The fourth-order valence-electron chi connectivity index (χ4n) is 1.28. The van der Waals surface area contributed by atoms with Crippen molar-refractivity contribution < 1.29 is 13.5 Å². The highest BCUT2D eigenvalue weighted by atomic mass is 32.2. The van der Waals surface area contributed by atoms with Gasteiger partial charge in [0.25, 0.3) is 0 Å². The minimum absolute atomic E-state index is 0.0329. The van der Waals surface area contributed by atoms with Gasteiger partial charge in [-0.25, -0.2) is 8.42 Å². The van der Waals surface area contributed by atoms with Crippen LogP contribution in [0.2, 0.25) is 0 Å². The molecule has 4 heteroatoms. The monoisotopic (exact) mass is 228 g/mol. The minimum atomic E-state index is -3.20. The van der Waals surface area contributed by atoms with Crippen molar-refractivity contribution in [2.24, 2.45) is 0 Å². The van der Waals surface area contributed by atoms with Crippen LogP contribution < -0.4 is 0 Å². The van der Waals surface area contributed by atoms with Crippen LogP contribution in [0.3, 0.4) is 0 Å². The maximum Gasteiger partial charge on any atom is 0.180 e. The second-order valence-corrected chi connectivity index (χ2v) is 6.22. The maximum atomic E-state index is 11.8. The van der Waals surface area contributed by atoms with Crippen LogP contribution in [0.5, 0.6) is 0 Å². The molecule has 0 bridgehead atoms. The topological polar surface area (TPSA) is 54.4 Å². The van der Waals surface area contributed by atoms with Crippen LogP contribution in [0.4, 0.5) is 0 Å². The molecule has 0 spiro atoms. The zero-order valence-electron chi connectivity index (χ0n) is 8.97. The Labute approximate surface area is 90.7 Å². The number of aliphatic hydroxyl groups excluding tert-OH is 1. The van der Waals surface area contributed by atoms with Crippen LogP contribution >= 0.6 is 0 Å². The quantitative estimate of drug-likeness (QED) is 0.847. The van der Waals surface area contributed by atoms with Crippen LogP contribution in [0.1, 0.15) is 19.4 Å². The second-order valence-electron chi connectivity index (χ2n) is 3.71. The third kappa shape index (κ3) is 2.79. The normalized spacial score (nSPS) is 12.0. The molecule has 0 aliphatic carbocycles. The predicted molar refractivity (Wildman–Crippen MR) is 59.6 cm³/mol. The van der Waals surface area contributed by atoms with Crippen molar-refractivity contribution in [1.82, 2.24) is 0 Å². The number of sulfone groups is 1. The van der Waals surface area contributed by atoms with Gasteiger partial charge in [-0.15, -0.1) is 0 Å². The molecule has 3 nitrogen and oxygen atoms in total. The lowest BCUT2D eigenvalue weighted by Crippen LogP contribution is -2.14. The molecule has 1 N–H and O–H groups in total. The van der Waals surface area contributed by atoms with E-state index >= 15 is 0 Å². The Balaban J connectivity index is 3.11. The minimum Gasteiger partial charge on any atom is -0.396 e. The lowest BCUT2D eigenvalue weighted by atomic mass is 10.2. The van der Waals surface area contributed by atoms with Gasteiger partial charge in [-0.1, -0.05) is 12.1 Å². The zero-order chi connectivity index (χ0) is 11.5. The van der Waals surface area contributed by atoms with E-state index < -0.39 is 15.1 Å². The summed E-state index contributed by atoms with van der Waals surface area (Å²) in [6.07, 6.45) is 0.488. The van der Waals surface area contributed by atoms with Gasteiger partial charge in [-0.05, 0) is 38.0 Å². The van der Waals surface area contributed by atoms with Crippen LogP contribution in [-0.2, 0) is 16.3 Å². The van der Waals surface area contributed by atoms with Gasteiger partial charge in [0.05, 0.1) is 10.1 Å². The van der Waals surface area contributed by atoms with Gasteiger partial charge in [0, 0.05) is 6.61 Å². The van der Waals surface area contributed by atoms with E-state index in [1.807, 2.05) is 6.07 Å². The third-order valence-corrected chi connectivity index (χ3v) is 4.40. The highest BCUT2D eigenvalue weighted by Crippen LogP contribution is 2.17. The van der Waals surface area contributed by atoms with E-state index in [0.717, 1.165) is 5.56 Å². The fourth-order valence-corrected chi connectivity index (χ4v) is 2.41. The number of hydrogen-bond donors (Lipinski definition) is 1. The van der Waals surface area contributed by atoms with Crippen LogP contribution in [0.25, 0.3) is 0 Å². The van der Waals surface area contributed by atoms with Crippen molar-refractivity contribution in [3.63, 3.8) is 0 Å². The third-order valence-electron chi connectivity index (χ3n) is 2.25. The van der Waals surface area contributed by atoms with E-state index in [4.69, 9.17) is 5.11 Å². The van der Waals surface area contributed by atoms with Crippen molar-refractivity contribution in [1.29, 1.82) is 0 Å². The fraction of sp³-hybridized carbons (Fsp3) is 0.455. The summed E-state index contributed by atoms with van der Waals surface area (Å²) in [7, 11) is -3.20. The molecule has 15 heavy (non-hydrogen) atoms. The molecule has 0 unspecified atom stereocenters. The number of aliphatic hydroxyl groups is 1. The highest BCUT2D eigenvalue weighted by molar-refractivity contribution is 7.92. The summed E-state index contributed by atoms with van der Waals surface area (Å²) in [6, 6.07) is 6.75. The van der Waals surface area contributed by atoms with Gasteiger partial charge in [-0.3, -0.25) is 0 Å². The van der Waals surface area contributed by atoms with Crippen molar-refractivity contribution in [2.45, 2.75) is 30.4 Å². The smallest absolute Gasteiger partial charge is 0.180 e. The molecule has 0 saturated heterocycles. The number of benzene rings is 1. The Hall–Kier alpha value is -0.870. The first-order valence-electron chi connectivity index (χ1n) is 4.92. The number of hydrogen-bond acceptors (Lipinski definition) is 3. The molecule has 0 aromatic heterocycles. The Kier molecular flexibility index (Phi) is 3.88. The average molecular weight is 228 g/mol. The lowest BCUT2D eigenvalue weighted by molar-refractivity contribution is 0.299. The first kappa shape index (κ1) is 12.2. The van der Waals surface area contributed by atoms with Gasteiger partial charge in [0.15, 0.2) is 9.84 Å². The summed E-state index contributed by atoms with van der Waals surface area (Å²) in [5.74, 6) is 0. The molecule has 0 aliphatic heterocycles. The molecular weight excluding hydrogens is 212 g/mol. The summed E-state index contributed by atoms with van der Waals surface area (Å²) >= 11 is 0. The standard InChI is InChI=1S/C11H16O3S/c1-9(2)15(13,14)11-5-3-4-10(8-11)6-7-12/h3-5,8-9,12H,6-7H2,1-2H3. The molecule has 1 rings (SSSR count). The van der Waals surface area contributed by atoms with Gasteiger partial charge < -0.3 is 5.11 Å². The summed E-state index contributed by atoms with van der Waals surface area (Å²) < 4.78 is 23.7. The van der Waals surface area contributed by atoms with Gasteiger partial charge in [0.2, 0.25) is 0 Å². The Morgan fingerprint density at radius 3 is 2.53 bits per heavy atom. The first-order valence-corrected chi connectivity index (χ1v) is 6.47. The summed E-state index contributed by atoms with van der Waals surface area (Å²) in [5.41, 5.74) is 0.847. The maximum absolute atomic E-state index is 11.8. The molecule has 84 valence electrons. The molecule has 0 fully saturated rings. The molecule has 0 aliphatic rings. The van der Waals surface area contributed by atoms with E-state index in [-0.39, 0.29) is 6.61 Å². The summed E-state index contributed by atoms with van der Waals surface area (Å²) in [5, 5.41) is 8.36. The predicted octanol–water partition coefficient (Wildman–Crippen LogP) is 1.40. The molecule has 1 aromatic rings. The average Bonchev–Trinajstić information content (AvgIpc) is 2.18. The molecular formula is C11H16O3S. The Morgan fingerprint density at radius 1 is 1.33 bits per heavy atom. The SMILES string of the molecule is CC(C)S(=O)(=O)c1cccc(CCO)c1. The van der Waals surface area contributed by atoms with Gasteiger partial charge in [0.1, 0.15) is 0 Å². The second kappa shape index (κ2) is 4.77. The first-order chi connectivity index (χ1) is 6.98. The van der Waals surface area contributed by atoms with E-state index in [9.17, 15) is 8.42 Å². The van der Waals surface area contributed by atoms with Crippen LogP contribution in [-0.4, -0.2) is 25.4 Å². The van der Waals surface area contributed by atoms with E-state index in [0.29, 0.717) is 11.3 Å². The van der Waals surface area contributed by atoms with Gasteiger partial charge in [-0.2, -0.15) is 0 Å². The van der Waals surface area contributed by atoms with Gasteiger partial charge >= 0.3 is 0 Å². The van der Waals surface area contributed by atoms with E-state index in [1.165, 1.54) is 0 Å². The van der Waals surface area contributed by atoms with Crippen molar-refractivity contribution >= 4 is 9.84 Å². The van der Waals surface area contributed by atoms with Crippen molar-refractivity contribution in [2.75, 3.05) is 6.61 Å². The zero-order valence-corrected chi connectivity index (χ0v) is 9.79. The molecule has 0 radical (unpaired) electrons. The molecule has 0 saturated carbocycles. The van der Waals surface area contributed by atoms with Crippen LogP contribution in [0, 0.1) is 0 Å². The highest BCUT2D eigenvalue weighted by Gasteiger charge is 2.18. The number of rotatable bonds is 4. The largest absolute Gasteiger partial charge is 0.396 e. The molecule has 0 atom stereocenters. The van der Waals surface area contributed by atoms with E-state index in [1.54, 1.807) is 32.0 Å². The summed E-state index contributed by atoms with van der Waals surface area (Å²) in [4.78, 5) is 0.337. The molecule has 0 amide bonds. The van der Waals surface area contributed by atoms with Crippen molar-refractivity contribution in [3.05, 3.63) is 29.8 Å². The van der Waals surface area contributed by atoms with Crippen LogP contribution in [0.15, 0.2) is 29.2 Å². The Morgan fingerprint density at radius 2 is 2.00 bits per heavy atom. The Bertz CT molecular complexity index is 421. The van der Waals surface area contributed by atoms with E-state index in [2.05, 4.69) is 0 Å². The summed E-state index contributed by atoms with van der Waals surface area (Å²) in [6.45, 7) is 3.35. The van der Waals surface area contributed by atoms with Crippen molar-refractivity contribution in [3.8, 4) is 0 Å². The molecule has 0 heterocycles. The molecule has 1 aromatic carbocycles.